The van der Waals surface area contributed by atoms with E-state index in [-0.39, 0.29) is 11.9 Å². The van der Waals surface area contributed by atoms with Crippen LogP contribution < -0.4 is 5.32 Å². The number of nitrogens with one attached hydrogen (secondary N) is 1. The lowest BCUT2D eigenvalue weighted by Gasteiger charge is -2.34. The highest BCUT2D eigenvalue weighted by molar-refractivity contribution is 6.30. The first kappa shape index (κ1) is 10.9. The molecule has 1 saturated carbocycles. The Hall–Kier alpha value is -0.600. The summed E-state index contributed by atoms with van der Waals surface area (Å²) >= 11 is 5.89. The summed E-state index contributed by atoms with van der Waals surface area (Å²) in [6.45, 7) is 0. The van der Waals surface area contributed by atoms with E-state index in [1.165, 1.54) is 25.3 Å². The van der Waals surface area contributed by atoms with E-state index in [0.717, 1.165) is 0 Å². The monoisotopic (exact) mass is 227 g/mol. The van der Waals surface area contributed by atoms with Crippen LogP contribution in [0, 0.1) is 11.7 Å². The predicted octanol–water partition coefficient (Wildman–Crippen LogP) is 3.54. The fraction of sp³-hybridized carbons (Fsp3) is 0.500. The van der Waals surface area contributed by atoms with E-state index in [1.807, 2.05) is 7.05 Å². The van der Waals surface area contributed by atoms with E-state index in [9.17, 15) is 4.39 Å². The first-order valence-electron chi connectivity index (χ1n) is 5.34. The van der Waals surface area contributed by atoms with Gasteiger partial charge in [-0.3, -0.25) is 0 Å². The van der Waals surface area contributed by atoms with E-state index >= 15 is 0 Å². The van der Waals surface area contributed by atoms with Crippen molar-refractivity contribution in [1.82, 2.24) is 5.32 Å². The second-order valence-corrected chi connectivity index (χ2v) is 4.56. The number of hydrogen-bond acceptors (Lipinski definition) is 1. The van der Waals surface area contributed by atoms with Crippen LogP contribution in [0.1, 0.15) is 30.9 Å². The standard InChI is InChI=1S/C12H15ClFN/c1-15-12(8-3-2-4-8)10-7-9(13)5-6-11(10)14/h5-8,12,15H,2-4H2,1H3. The van der Waals surface area contributed by atoms with Crippen LogP contribution in [0.15, 0.2) is 18.2 Å². The average molecular weight is 228 g/mol. The number of rotatable bonds is 3. The van der Waals surface area contributed by atoms with Crippen LogP contribution in [-0.4, -0.2) is 7.05 Å². The summed E-state index contributed by atoms with van der Waals surface area (Å²) in [5.74, 6) is 0.397. The van der Waals surface area contributed by atoms with E-state index < -0.39 is 0 Å². The van der Waals surface area contributed by atoms with Crippen molar-refractivity contribution in [3.8, 4) is 0 Å². The fourth-order valence-electron chi connectivity index (χ4n) is 2.17. The third kappa shape index (κ3) is 2.16. The molecule has 1 aromatic carbocycles. The second-order valence-electron chi connectivity index (χ2n) is 4.12. The number of benzene rings is 1. The van der Waals surface area contributed by atoms with Crippen molar-refractivity contribution >= 4 is 11.6 Å². The molecule has 1 aromatic rings. The highest BCUT2D eigenvalue weighted by Crippen LogP contribution is 2.38. The molecule has 0 aliphatic heterocycles. The maximum Gasteiger partial charge on any atom is 0.128 e. The summed E-state index contributed by atoms with van der Waals surface area (Å²) in [4.78, 5) is 0. The maximum atomic E-state index is 13.6. The molecular weight excluding hydrogens is 213 g/mol. The molecular formula is C12H15ClFN. The molecule has 2 rings (SSSR count). The molecule has 82 valence electrons. The van der Waals surface area contributed by atoms with E-state index in [1.54, 1.807) is 12.1 Å². The van der Waals surface area contributed by atoms with Crippen molar-refractivity contribution in [1.29, 1.82) is 0 Å². The largest absolute Gasteiger partial charge is 0.313 e. The van der Waals surface area contributed by atoms with Gasteiger partial charge in [0.25, 0.3) is 0 Å². The summed E-state index contributed by atoms with van der Waals surface area (Å²) in [5.41, 5.74) is 0.703. The van der Waals surface area contributed by atoms with Crippen molar-refractivity contribution in [2.24, 2.45) is 5.92 Å². The van der Waals surface area contributed by atoms with Crippen LogP contribution in [0.2, 0.25) is 5.02 Å². The molecule has 0 aromatic heterocycles. The zero-order valence-corrected chi connectivity index (χ0v) is 9.52. The molecule has 1 atom stereocenters. The third-order valence-electron chi connectivity index (χ3n) is 3.23. The van der Waals surface area contributed by atoms with E-state index in [4.69, 9.17) is 11.6 Å². The Morgan fingerprint density at radius 3 is 2.73 bits per heavy atom. The molecule has 1 aliphatic rings. The van der Waals surface area contributed by atoms with E-state index in [0.29, 0.717) is 16.5 Å². The second kappa shape index (κ2) is 4.50. The Balaban J connectivity index is 2.28. The molecule has 1 unspecified atom stereocenters. The molecule has 1 aliphatic carbocycles. The highest BCUT2D eigenvalue weighted by Gasteiger charge is 2.29. The lowest BCUT2D eigenvalue weighted by Crippen LogP contribution is -2.30. The Morgan fingerprint density at radius 1 is 1.47 bits per heavy atom. The van der Waals surface area contributed by atoms with Gasteiger partial charge in [-0.25, -0.2) is 4.39 Å². The molecule has 0 saturated heterocycles. The minimum absolute atomic E-state index is 0.109. The smallest absolute Gasteiger partial charge is 0.128 e. The molecule has 3 heteroatoms. The minimum Gasteiger partial charge on any atom is -0.313 e. The minimum atomic E-state index is -0.161. The van der Waals surface area contributed by atoms with Crippen molar-refractivity contribution in [3.05, 3.63) is 34.6 Å². The van der Waals surface area contributed by atoms with Gasteiger partial charge in [-0.05, 0) is 44.0 Å². The Morgan fingerprint density at radius 2 is 2.20 bits per heavy atom. The van der Waals surface area contributed by atoms with Crippen LogP contribution >= 0.6 is 11.6 Å². The zero-order chi connectivity index (χ0) is 10.8. The molecule has 1 fully saturated rings. The van der Waals surface area contributed by atoms with Crippen LogP contribution in [0.5, 0.6) is 0 Å². The predicted molar refractivity (Wildman–Crippen MR) is 60.6 cm³/mol. The SMILES string of the molecule is CNC(c1cc(Cl)ccc1F)C1CCC1. The topological polar surface area (TPSA) is 12.0 Å². The van der Waals surface area contributed by atoms with Crippen molar-refractivity contribution in [2.75, 3.05) is 7.05 Å². The van der Waals surface area contributed by atoms with Gasteiger partial charge in [0.2, 0.25) is 0 Å². The molecule has 0 bridgehead atoms. The molecule has 0 spiro atoms. The van der Waals surface area contributed by atoms with Gasteiger partial charge >= 0.3 is 0 Å². The first-order valence-corrected chi connectivity index (χ1v) is 5.72. The summed E-state index contributed by atoms with van der Waals surface area (Å²) in [5, 5.41) is 3.79. The normalized spacial score (nSPS) is 18.6. The molecule has 0 heterocycles. The fourth-order valence-corrected chi connectivity index (χ4v) is 2.35. The van der Waals surface area contributed by atoms with Crippen molar-refractivity contribution in [3.63, 3.8) is 0 Å². The Kier molecular flexibility index (Phi) is 3.27. The van der Waals surface area contributed by atoms with Gasteiger partial charge in [0.15, 0.2) is 0 Å². The number of halogens is 2. The maximum absolute atomic E-state index is 13.6. The van der Waals surface area contributed by atoms with Crippen LogP contribution in [0.25, 0.3) is 0 Å². The quantitative estimate of drug-likeness (QED) is 0.833. The molecule has 15 heavy (non-hydrogen) atoms. The summed E-state index contributed by atoms with van der Waals surface area (Å²) in [6.07, 6.45) is 3.61. The molecule has 0 amide bonds. The van der Waals surface area contributed by atoms with Gasteiger partial charge in [0.1, 0.15) is 5.82 Å². The van der Waals surface area contributed by atoms with Crippen molar-refractivity contribution in [2.45, 2.75) is 25.3 Å². The summed E-state index contributed by atoms with van der Waals surface area (Å²) in [6, 6.07) is 4.88. The van der Waals surface area contributed by atoms with E-state index in [2.05, 4.69) is 5.32 Å². The van der Waals surface area contributed by atoms with Gasteiger partial charge < -0.3 is 5.32 Å². The Labute approximate surface area is 94.6 Å². The first-order chi connectivity index (χ1) is 7.22. The zero-order valence-electron chi connectivity index (χ0n) is 8.76. The van der Waals surface area contributed by atoms with Gasteiger partial charge in [-0.15, -0.1) is 0 Å². The van der Waals surface area contributed by atoms with Gasteiger partial charge in [-0.1, -0.05) is 18.0 Å². The van der Waals surface area contributed by atoms with Crippen LogP contribution in [0.4, 0.5) is 4.39 Å². The molecule has 0 radical (unpaired) electrons. The highest BCUT2D eigenvalue weighted by atomic mass is 35.5. The summed E-state index contributed by atoms with van der Waals surface area (Å²) < 4.78 is 13.6. The Bertz CT molecular complexity index is 349. The average Bonchev–Trinajstić information content (AvgIpc) is 2.15. The number of hydrogen-bond donors (Lipinski definition) is 1. The van der Waals surface area contributed by atoms with Crippen LogP contribution in [0.3, 0.4) is 0 Å². The molecule has 1 N–H and O–H groups in total. The van der Waals surface area contributed by atoms with Crippen LogP contribution in [-0.2, 0) is 0 Å². The summed E-state index contributed by atoms with van der Waals surface area (Å²) in [7, 11) is 1.88. The van der Waals surface area contributed by atoms with Crippen molar-refractivity contribution < 1.29 is 4.39 Å². The molecule has 1 nitrogen and oxygen atoms in total. The van der Waals surface area contributed by atoms with Gasteiger partial charge in [0, 0.05) is 16.6 Å². The van der Waals surface area contributed by atoms with Gasteiger partial charge in [0.05, 0.1) is 0 Å². The lowest BCUT2D eigenvalue weighted by atomic mass is 9.77. The van der Waals surface area contributed by atoms with Gasteiger partial charge in [-0.2, -0.15) is 0 Å². The lowest BCUT2D eigenvalue weighted by molar-refractivity contribution is 0.235. The third-order valence-corrected chi connectivity index (χ3v) is 3.46.